The highest BCUT2D eigenvalue weighted by Gasteiger charge is 2.08. The molecule has 0 saturated heterocycles. The SMILES string of the molecule is O=C(O)c1cc(Cl)ncc1C=CCBr. The van der Waals surface area contributed by atoms with E-state index < -0.39 is 5.97 Å². The third kappa shape index (κ3) is 2.82. The molecule has 1 aromatic rings. The molecule has 14 heavy (non-hydrogen) atoms. The van der Waals surface area contributed by atoms with Crippen molar-refractivity contribution < 1.29 is 9.90 Å². The summed E-state index contributed by atoms with van der Waals surface area (Å²) in [6.07, 6.45) is 4.91. The van der Waals surface area contributed by atoms with Gasteiger partial charge in [0.15, 0.2) is 0 Å². The highest BCUT2D eigenvalue weighted by molar-refractivity contribution is 9.09. The second-order valence-corrected chi connectivity index (χ2v) is 3.49. The lowest BCUT2D eigenvalue weighted by Crippen LogP contribution is -2.00. The number of pyridine rings is 1. The van der Waals surface area contributed by atoms with Crippen LogP contribution in [0.15, 0.2) is 18.3 Å². The Labute approximate surface area is 94.5 Å². The molecule has 0 aromatic carbocycles. The van der Waals surface area contributed by atoms with E-state index in [4.69, 9.17) is 16.7 Å². The van der Waals surface area contributed by atoms with Crippen molar-refractivity contribution in [2.24, 2.45) is 0 Å². The molecular weight excluding hydrogens is 269 g/mol. The van der Waals surface area contributed by atoms with Crippen molar-refractivity contribution in [2.75, 3.05) is 5.33 Å². The fourth-order valence-electron chi connectivity index (χ4n) is 0.930. The number of aromatic carboxylic acids is 1. The third-order valence-corrected chi connectivity index (χ3v) is 2.10. The molecule has 0 radical (unpaired) electrons. The van der Waals surface area contributed by atoms with Gasteiger partial charge in [-0.2, -0.15) is 0 Å². The highest BCUT2D eigenvalue weighted by atomic mass is 79.9. The van der Waals surface area contributed by atoms with Crippen LogP contribution in [0.1, 0.15) is 15.9 Å². The van der Waals surface area contributed by atoms with Crippen LogP contribution in [0.4, 0.5) is 0 Å². The standard InChI is InChI=1S/C9H7BrClNO2/c10-3-1-2-6-5-12-8(11)4-7(6)9(13)14/h1-2,4-5H,3H2,(H,13,14). The van der Waals surface area contributed by atoms with Gasteiger partial charge in [-0.15, -0.1) is 0 Å². The topological polar surface area (TPSA) is 50.2 Å². The van der Waals surface area contributed by atoms with Crippen LogP contribution < -0.4 is 0 Å². The van der Waals surface area contributed by atoms with Crippen LogP contribution in [-0.4, -0.2) is 21.4 Å². The average Bonchev–Trinajstić information content (AvgIpc) is 2.15. The molecule has 0 saturated carbocycles. The van der Waals surface area contributed by atoms with Crippen LogP contribution in [0, 0.1) is 0 Å². The summed E-state index contributed by atoms with van der Waals surface area (Å²) in [7, 11) is 0. The maximum absolute atomic E-state index is 10.8. The Balaban J connectivity index is 3.15. The van der Waals surface area contributed by atoms with E-state index in [1.165, 1.54) is 12.3 Å². The number of hydrogen-bond acceptors (Lipinski definition) is 2. The van der Waals surface area contributed by atoms with Gasteiger partial charge in [0.25, 0.3) is 0 Å². The summed E-state index contributed by atoms with van der Waals surface area (Å²) in [5.41, 5.74) is 0.698. The molecule has 1 aromatic heterocycles. The molecule has 0 amide bonds. The molecule has 74 valence electrons. The first-order valence-corrected chi connectivity index (χ1v) is 5.26. The predicted molar refractivity (Wildman–Crippen MR) is 59.0 cm³/mol. The maximum Gasteiger partial charge on any atom is 0.336 e. The summed E-state index contributed by atoms with van der Waals surface area (Å²) in [5.74, 6) is -1.01. The number of carboxylic acids is 1. The van der Waals surface area contributed by atoms with Gasteiger partial charge in [-0.3, -0.25) is 0 Å². The van der Waals surface area contributed by atoms with Crippen molar-refractivity contribution in [3.05, 3.63) is 34.6 Å². The number of carboxylic acid groups (broad SMARTS) is 1. The molecule has 0 atom stereocenters. The number of rotatable bonds is 3. The first kappa shape index (κ1) is 11.2. The van der Waals surface area contributed by atoms with Crippen molar-refractivity contribution >= 4 is 39.6 Å². The molecule has 5 heteroatoms. The number of allylic oxidation sites excluding steroid dienone is 1. The fourth-order valence-corrected chi connectivity index (χ4v) is 1.27. The zero-order chi connectivity index (χ0) is 10.6. The molecular formula is C9H7BrClNO2. The summed E-state index contributed by atoms with van der Waals surface area (Å²) < 4.78 is 0. The molecule has 0 bridgehead atoms. The maximum atomic E-state index is 10.8. The van der Waals surface area contributed by atoms with Gasteiger partial charge in [-0.05, 0) is 6.07 Å². The van der Waals surface area contributed by atoms with Crippen LogP contribution in [-0.2, 0) is 0 Å². The summed E-state index contributed by atoms with van der Waals surface area (Å²) >= 11 is 8.79. The Morgan fingerprint density at radius 3 is 3.00 bits per heavy atom. The number of carbonyl (C=O) groups is 1. The first-order chi connectivity index (χ1) is 6.65. The normalized spacial score (nSPS) is 10.7. The van der Waals surface area contributed by atoms with Crippen LogP contribution in [0.2, 0.25) is 5.15 Å². The predicted octanol–water partition coefficient (Wildman–Crippen LogP) is 2.84. The van der Waals surface area contributed by atoms with Crippen molar-refractivity contribution in [2.45, 2.75) is 0 Å². The van der Waals surface area contributed by atoms with Gasteiger partial charge in [-0.25, -0.2) is 9.78 Å². The molecule has 3 nitrogen and oxygen atoms in total. The Bertz CT molecular complexity index is 379. The first-order valence-electron chi connectivity index (χ1n) is 3.76. The van der Waals surface area contributed by atoms with Crippen LogP contribution in [0.25, 0.3) is 6.08 Å². The van der Waals surface area contributed by atoms with E-state index in [9.17, 15) is 4.79 Å². The largest absolute Gasteiger partial charge is 0.478 e. The van der Waals surface area contributed by atoms with Crippen LogP contribution in [0.5, 0.6) is 0 Å². The van der Waals surface area contributed by atoms with Gasteiger partial charge < -0.3 is 5.11 Å². The zero-order valence-corrected chi connectivity index (χ0v) is 9.42. The number of halogens is 2. The lowest BCUT2D eigenvalue weighted by atomic mass is 10.1. The lowest BCUT2D eigenvalue weighted by molar-refractivity contribution is 0.0696. The Kier molecular flexibility index (Phi) is 4.10. The minimum atomic E-state index is -1.01. The number of nitrogens with zero attached hydrogens (tertiary/aromatic N) is 1. The van der Waals surface area contributed by atoms with Crippen molar-refractivity contribution in [3.8, 4) is 0 Å². The molecule has 0 aliphatic heterocycles. The van der Waals surface area contributed by atoms with E-state index >= 15 is 0 Å². The third-order valence-electron chi connectivity index (χ3n) is 1.52. The number of alkyl halides is 1. The van der Waals surface area contributed by atoms with Crippen LogP contribution >= 0.6 is 27.5 Å². The number of hydrogen-bond donors (Lipinski definition) is 1. The second kappa shape index (κ2) is 5.12. The smallest absolute Gasteiger partial charge is 0.336 e. The van der Waals surface area contributed by atoms with Gasteiger partial charge in [-0.1, -0.05) is 39.7 Å². The quantitative estimate of drug-likeness (QED) is 0.682. The summed E-state index contributed by atoms with van der Waals surface area (Å²) in [4.78, 5) is 14.6. The van der Waals surface area contributed by atoms with Gasteiger partial charge in [0, 0.05) is 17.1 Å². The van der Waals surface area contributed by atoms with E-state index in [1.54, 1.807) is 12.2 Å². The number of aromatic nitrogens is 1. The molecule has 0 aliphatic rings. The Hall–Kier alpha value is -0.870. The van der Waals surface area contributed by atoms with Gasteiger partial charge in [0.1, 0.15) is 5.15 Å². The summed E-state index contributed by atoms with van der Waals surface area (Å²) in [5, 5.41) is 9.70. The molecule has 0 fully saturated rings. The lowest BCUT2D eigenvalue weighted by Gasteiger charge is -2.00. The summed E-state index contributed by atoms with van der Waals surface area (Å²) in [6.45, 7) is 0. The van der Waals surface area contributed by atoms with E-state index in [-0.39, 0.29) is 10.7 Å². The van der Waals surface area contributed by atoms with E-state index in [2.05, 4.69) is 20.9 Å². The minimum absolute atomic E-state index is 0.155. The Morgan fingerprint density at radius 2 is 2.43 bits per heavy atom. The fraction of sp³-hybridized carbons (Fsp3) is 0.111. The van der Waals surface area contributed by atoms with Gasteiger partial charge in [0.2, 0.25) is 0 Å². The van der Waals surface area contributed by atoms with E-state index in [0.29, 0.717) is 10.9 Å². The van der Waals surface area contributed by atoms with E-state index in [1.807, 2.05) is 0 Å². The molecule has 1 heterocycles. The highest BCUT2D eigenvalue weighted by Crippen LogP contribution is 2.14. The summed E-state index contributed by atoms with van der Waals surface area (Å²) in [6, 6.07) is 1.33. The molecule has 0 spiro atoms. The van der Waals surface area contributed by atoms with Gasteiger partial charge >= 0.3 is 5.97 Å². The van der Waals surface area contributed by atoms with E-state index in [0.717, 1.165) is 0 Å². The monoisotopic (exact) mass is 275 g/mol. The van der Waals surface area contributed by atoms with Crippen molar-refractivity contribution in [1.82, 2.24) is 4.98 Å². The van der Waals surface area contributed by atoms with Gasteiger partial charge in [0.05, 0.1) is 5.56 Å². The zero-order valence-electron chi connectivity index (χ0n) is 7.08. The minimum Gasteiger partial charge on any atom is -0.478 e. The molecule has 1 N–H and O–H groups in total. The molecule has 1 rings (SSSR count). The average molecular weight is 277 g/mol. The Morgan fingerprint density at radius 1 is 1.71 bits per heavy atom. The van der Waals surface area contributed by atoms with Crippen molar-refractivity contribution in [3.63, 3.8) is 0 Å². The molecule has 0 aliphatic carbocycles. The van der Waals surface area contributed by atoms with Crippen LogP contribution in [0.3, 0.4) is 0 Å². The molecule has 0 unspecified atom stereocenters. The van der Waals surface area contributed by atoms with Crippen molar-refractivity contribution in [1.29, 1.82) is 0 Å². The second-order valence-electron chi connectivity index (χ2n) is 2.46.